The van der Waals surface area contributed by atoms with Crippen LogP contribution in [-0.2, 0) is 11.2 Å². The summed E-state index contributed by atoms with van der Waals surface area (Å²) >= 11 is 0. The number of benzene rings is 1. The van der Waals surface area contributed by atoms with Gasteiger partial charge in [0, 0.05) is 13.7 Å². The highest BCUT2D eigenvalue weighted by Gasteiger charge is 2.02. The highest BCUT2D eigenvalue weighted by molar-refractivity contribution is 5.17. The highest BCUT2D eigenvalue weighted by atomic mass is 19.2. The van der Waals surface area contributed by atoms with Crippen LogP contribution in [0.2, 0.25) is 0 Å². The van der Waals surface area contributed by atoms with E-state index in [4.69, 9.17) is 4.74 Å². The number of ether oxygens (including phenoxy) is 1. The highest BCUT2D eigenvalue weighted by Crippen LogP contribution is 2.11. The first-order valence-electron chi connectivity index (χ1n) is 6.37. The van der Waals surface area contributed by atoms with Gasteiger partial charge < -0.3 is 10.1 Å². The zero-order chi connectivity index (χ0) is 13.2. The van der Waals surface area contributed by atoms with Crippen molar-refractivity contribution in [1.82, 2.24) is 5.32 Å². The van der Waals surface area contributed by atoms with Crippen LogP contribution in [-0.4, -0.2) is 26.8 Å². The third kappa shape index (κ3) is 6.07. The quantitative estimate of drug-likeness (QED) is 0.687. The molecule has 0 heterocycles. The third-order valence-corrected chi connectivity index (χ3v) is 2.79. The molecule has 0 aliphatic heterocycles. The number of hydrogen-bond acceptors (Lipinski definition) is 2. The summed E-state index contributed by atoms with van der Waals surface area (Å²) < 4.78 is 30.5. The number of unbranched alkanes of at least 4 members (excludes halogenated alkanes) is 2. The van der Waals surface area contributed by atoms with E-state index in [2.05, 4.69) is 5.32 Å². The first kappa shape index (κ1) is 15.1. The number of methoxy groups -OCH3 is 1. The molecule has 1 N–H and O–H groups in total. The minimum Gasteiger partial charge on any atom is -0.383 e. The largest absolute Gasteiger partial charge is 0.383 e. The van der Waals surface area contributed by atoms with Crippen LogP contribution in [0.5, 0.6) is 0 Å². The molecule has 0 saturated carbocycles. The molecule has 1 rings (SSSR count). The average Bonchev–Trinajstić information content (AvgIpc) is 2.37. The van der Waals surface area contributed by atoms with Gasteiger partial charge in [-0.05, 0) is 43.5 Å². The maximum absolute atomic E-state index is 12.9. The summed E-state index contributed by atoms with van der Waals surface area (Å²) in [4.78, 5) is 0. The van der Waals surface area contributed by atoms with Crippen LogP contribution in [0.3, 0.4) is 0 Å². The normalized spacial score (nSPS) is 10.8. The van der Waals surface area contributed by atoms with Crippen molar-refractivity contribution in [3.05, 3.63) is 35.4 Å². The van der Waals surface area contributed by atoms with Crippen molar-refractivity contribution in [2.75, 3.05) is 26.8 Å². The van der Waals surface area contributed by atoms with E-state index in [-0.39, 0.29) is 0 Å². The molecular formula is C14H21F2NO. The molecule has 0 aromatic heterocycles. The second-order valence-corrected chi connectivity index (χ2v) is 4.30. The van der Waals surface area contributed by atoms with Crippen molar-refractivity contribution >= 4 is 0 Å². The first-order chi connectivity index (χ1) is 8.74. The molecule has 2 nitrogen and oxygen atoms in total. The van der Waals surface area contributed by atoms with Crippen molar-refractivity contribution in [2.45, 2.75) is 25.7 Å². The maximum Gasteiger partial charge on any atom is 0.159 e. The second kappa shape index (κ2) is 9.00. The van der Waals surface area contributed by atoms with E-state index in [1.165, 1.54) is 12.1 Å². The Balaban J connectivity index is 2.05. The second-order valence-electron chi connectivity index (χ2n) is 4.30. The van der Waals surface area contributed by atoms with Crippen LogP contribution in [0.4, 0.5) is 8.78 Å². The van der Waals surface area contributed by atoms with E-state index in [9.17, 15) is 8.78 Å². The SMILES string of the molecule is COCCNCCCCCc1ccc(F)c(F)c1. The topological polar surface area (TPSA) is 21.3 Å². The zero-order valence-corrected chi connectivity index (χ0v) is 10.8. The molecule has 0 amide bonds. The molecular weight excluding hydrogens is 236 g/mol. The Morgan fingerprint density at radius 3 is 2.61 bits per heavy atom. The lowest BCUT2D eigenvalue weighted by atomic mass is 10.1. The maximum atomic E-state index is 12.9. The van der Waals surface area contributed by atoms with E-state index in [1.54, 1.807) is 13.2 Å². The average molecular weight is 257 g/mol. The van der Waals surface area contributed by atoms with E-state index in [0.29, 0.717) is 0 Å². The van der Waals surface area contributed by atoms with E-state index in [0.717, 1.165) is 50.9 Å². The van der Waals surface area contributed by atoms with Crippen molar-refractivity contribution in [3.8, 4) is 0 Å². The molecule has 0 atom stereocenters. The van der Waals surface area contributed by atoms with Gasteiger partial charge in [-0.3, -0.25) is 0 Å². The Morgan fingerprint density at radius 1 is 1.06 bits per heavy atom. The minimum atomic E-state index is -0.777. The number of nitrogens with one attached hydrogen (secondary N) is 1. The van der Waals surface area contributed by atoms with Crippen LogP contribution in [0.25, 0.3) is 0 Å². The summed E-state index contributed by atoms with van der Waals surface area (Å²) in [6.45, 7) is 2.58. The van der Waals surface area contributed by atoms with Gasteiger partial charge in [-0.15, -0.1) is 0 Å². The molecule has 0 fully saturated rings. The Kier molecular flexibility index (Phi) is 7.53. The van der Waals surface area contributed by atoms with E-state index < -0.39 is 11.6 Å². The van der Waals surface area contributed by atoms with Gasteiger partial charge in [0.25, 0.3) is 0 Å². The molecule has 0 unspecified atom stereocenters. The molecule has 0 aliphatic rings. The number of aryl methyl sites for hydroxylation is 1. The molecule has 18 heavy (non-hydrogen) atoms. The molecule has 1 aromatic carbocycles. The van der Waals surface area contributed by atoms with E-state index >= 15 is 0 Å². The molecule has 4 heteroatoms. The lowest BCUT2D eigenvalue weighted by Crippen LogP contribution is -2.20. The summed E-state index contributed by atoms with van der Waals surface area (Å²) in [5, 5.41) is 3.27. The lowest BCUT2D eigenvalue weighted by molar-refractivity contribution is 0.199. The Labute approximate surface area is 107 Å². The first-order valence-corrected chi connectivity index (χ1v) is 6.37. The fourth-order valence-electron chi connectivity index (χ4n) is 1.75. The Hall–Kier alpha value is -1.00. The fourth-order valence-corrected chi connectivity index (χ4v) is 1.75. The summed E-state index contributed by atoms with van der Waals surface area (Å²) in [5.41, 5.74) is 0.862. The molecule has 0 spiro atoms. The Bertz CT molecular complexity index is 345. The lowest BCUT2D eigenvalue weighted by Gasteiger charge is -2.04. The number of halogens is 2. The molecule has 0 radical (unpaired) electrons. The van der Waals surface area contributed by atoms with Gasteiger partial charge in [0.05, 0.1) is 6.61 Å². The monoisotopic (exact) mass is 257 g/mol. The molecule has 0 saturated heterocycles. The summed E-state index contributed by atoms with van der Waals surface area (Å²) in [6.07, 6.45) is 3.97. The van der Waals surface area contributed by atoms with Crippen LogP contribution in [0.1, 0.15) is 24.8 Å². The fraction of sp³-hybridized carbons (Fsp3) is 0.571. The zero-order valence-electron chi connectivity index (χ0n) is 10.8. The molecule has 1 aromatic rings. The Morgan fingerprint density at radius 2 is 1.89 bits per heavy atom. The van der Waals surface area contributed by atoms with Gasteiger partial charge in [-0.25, -0.2) is 8.78 Å². The van der Waals surface area contributed by atoms with Gasteiger partial charge >= 0.3 is 0 Å². The van der Waals surface area contributed by atoms with Crippen molar-refractivity contribution < 1.29 is 13.5 Å². The van der Waals surface area contributed by atoms with Crippen molar-refractivity contribution in [3.63, 3.8) is 0 Å². The standard InChI is InChI=1S/C14H21F2NO/c1-18-10-9-17-8-4-2-3-5-12-6-7-13(15)14(16)11-12/h6-7,11,17H,2-5,8-10H2,1H3. The van der Waals surface area contributed by atoms with E-state index in [1.807, 2.05) is 0 Å². The van der Waals surface area contributed by atoms with Gasteiger partial charge in [0.15, 0.2) is 11.6 Å². The predicted octanol–water partition coefficient (Wildman–Crippen LogP) is 2.91. The van der Waals surface area contributed by atoms with Gasteiger partial charge in [-0.2, -0.15) is 0 Å². The van der Waals surface area contributed by atoms with Gasteiger partial charge in [0.1, 0.15) is 0 Å². The number of hydrogen-bond donors (Lipinski definition) is 1. The summed E-state index contributed by atoms with van der Waals surface area (Å²) in [7, 11) is 1.68. The van der Waals surface area contributed by atoms with Gasteiger partial charge in [-0.1, -0.05) is 12.5 Å². The summed E-state index contributed by atoms with van der Waals surface area (Å²) in [6, 6.07) is 4.12. The number of rotatable bonds is 9. The predicted molar refractivity (Wildman–Crippen MR) is 68.7 cm³/mol. The smallest absolute Gasteiger partial charge is 0.159 e. The molecule has 0 aliphatic carbocycles. The van der Waals surface area contributed by atoms with Crippen molar-refractivity contribution in [1.29, 1.82) is 0 Å². The van der Waals surface area contributed by atoms with Crippen LogP contribution >= 0.6 is 0 Å². The molecule has 102 valence electrons. The van der Waals surface area contributed by atoms with Crippen LogP contribution < -0.4 is 5.32 Å². The van der Waals surface area contributed by atoms with Crippen LogP contribution in [0.15, 0.2) is 18.2 Å². The molecule has 0 bridgehead atoms. The minimum absolute atomic E-state index is 0.731. The van der Waals surface area contributed by atoms with Crippen molar-refractivity contribution in [2.24, 2.45) is 0 Å². The third-order valence-electron chi connectivity index (χ3n) is 2.79. The van der Waals surface area contributed by atoms with Crippen LogP contribution in [0, 0.1) is 11.6 Å². The van der Waals surface area contributed by atoms with Gasteiger partial charge in [0.2, 0.25) is 0 Å². The summed E-state index contributed by atoms with van der Waals surface area (Å²) in [5.74, 6) is -1.53.